The molecule has 0 N–H and O–H groups in total. The van der Waals surface area contributed by atoms with Crippen LogP contribution in [0.1, 0.15) is 34.5 Å². The summed E-state index contributed by atoms with van der Waals surface area (Å²) in [6.45, 7) is 3.26. The van der Waals surface area contributed by atoms with Crippen molar-refractivity contribution >= 4 is 23.6 Å². The lowest BCUT2D eigenvalue weighted by Crippen LogP contribution is -2.48. The minimum absolute atomic E-state index is 0.0144. The van der Waals surface area contributed by atoms with Crippen LogP contribution in [-0.4, -0.2) is 58.5 Å². The molecule has 6 nitrogen and oxygen atoms in total. The molecule has 7 heteroatoms. The standard InChI is InChI=1S/C27H31N3O3S/c1-20-24(12-17-33-20)27(32)29(2)25(18-21-6-4-3-5-7-21)22-10-15-30(16-11-22)26(31)19-34-23-8-13-28-14-9-23/h3-9,12-14,17,22,25H,10-11,15-16,18-19H2,1-2H3/t25-/m0/s1. The van der Waals surface area contributed by atoms with Gasteiger partial charge in [0.1, 0.15) is 5.76 Å². The lowest BCUT2D eigenvalue weighted by atomic mass is 9.84. The molecule has 0 spiro atoms. The molecule has 0 saturated carbocycles. The molecule has 1 aromatic carbocycles. The van der Waals surface area contributed by atoms with E-state index in [0.29, 0.717) is 23.0 Å². The second-order valence-corrected chi connectivity index (χ2v) is 9.80. The number of likely N-dealkylation sites (N-methyl/N-ethyl adjacent to an activating group) is 1. The third-order valence-corrected chi connectivity index (χ3v) is 7.64. The van der Waals surface area contributed by atoms with Gasteiger partial charge in [0.15, 0.2) is 0 Å². The normalized spacial score (nSPS) is 15.2. The zero-order chi connectivity index (χ0) is 23.9. The van der Waals surface area contributed by atoms with E-state index >= 15 is 0 Å². The van der Waals surface area contributed by atoms with Crippen molar-refractivity contribution in [3.8, 4) is 0 Å². The lowest BCUT2D eigenvalue weighted by Gasteiger charge is -2.40. The lowest BCUT2D eigenvalue weighted by molar-refractivity contribution is -0.130. The zero-order valence-electron chi connectivity index (χ0n) is 19.7. The van der Waals surface area contributed by atoms with Crippen molar-refractivity contribution in [1.82, 2.24) is 14.8 Å². The first-order valence-corrected chi connectivity index (χ1v) is 12.7. The van der Waals surface area contributed by atoms with Crippen LogP contribution in [0.2, 0.25) is 0 Å². The Morgan fingerprint density at radius 2 is 1.82 bits per heavy atom. The van der Waals surface area contributed by atoms with Gasteiger partial charge in [-0.1, -0.05) is 30.3 Å². The molecule has 2 aromatic heterocycles. The van der Waals surface area contributed by atoms with Crippen molar-refractivity contribution < 1.29 is 14.0 Å². The van der Waals surface area contributed by atoms with Crippen molar-refractivity contribution in [3.63, 3.8) is 0 Å². The van der Waals surface area contributed by atoms with Gasteiger partial charge in [0, 0.05) is 43.5 Å². The van der Waals surface area contributed by atoms with E-state index in [4.69, 9.17) is 4.42 Å². The van der Waals surface area contributed by atoms with E-state index in [9.17, 15) is 9.59 Å². The van der Waals surface area contributed by atoms with E-state index in [1.165, 1.54) is 5.56 Å². The van der Waals surface area contributed by atoms with E-state index in [1.807, 2.05) is 54.1 Å². The number of likely N-dealkylation sites (tertiary alicyclic amines) is 1. The Balaban J connectivity index is 1.41. The highest BCUT2D eigenvalue weighted by Gasteiger charge is 2.33. The van der Waals surface area contributed by atoms with Crippen LogP contribution in [-0.2, 0) is 11.2 Å². The fourth-order valence-electron chi connectivity index (χ4n) is 4.63. The maximum absolute atomic E-state index is 13.3. The minimum Gasteiger partial charge on any atom is -0.469 e. The zero-order valence-corrected chi connectivity index (χ0v) is 20.5. The van der Waals surface area contributed by atoms with Crippen LogP contribution in [0.3, 0.4) is 0 Å². The Labute approximate surface area is 205 Å². The van der Waals surface area contributed by atoms with E-state index < -0.39 is 0 Å². The first-order valence-electron chi connectivity index (χ1n) is 11.7. The maximum atomic E-state index is 13.3. The molecule has 0 bridgehead atoms. The van der Waals surface area contributed by atoms with Crippen LogP contribution in [0.5, 0.6) is 0 Å². The molecule has 34 heavy (non-hydrogen) atoms. The van der Waals surface area contributed by atoms with Gasteiger partial charge in [0.2, 0.25) is 5.91 Å². The van der Waals surface area contributed by atoms with Gasteiger partial charge in [-0.15, -0.1) is 11.8 Å². The molecule has 1 aliphatic rings. The van der Waals surface area contributed by atoms with Gasteiger partial charge in [-0.2, -0.15) is 0 Å². The summed E-state index contributed by atoms with van der Waals surface area (Å²) in [7, 11) is 1.89. The number of amides is 2. The summed E-state index contributed by atoms with van der Waals surface area (Å²) in [5.74, 6) is 1.54. The third kappa shape index (κ3) is 5.89. The summed E-state index contributed by atoms with van der Waals surface area (Å²) in [6.07, 6.45) is 7.60. The van der Waals surface area contributed by atoms with Crippen LogP contribution in [0, 0.1) is 12.8 Å². The van der Waals surface area contributed by atoms with E-state index in [2.05, 4.69) is 17.1 Å². The summed E-state index contributed by atoms with van der Waals surface area (Å²) in [5, 5.41) is 0. The average molecular weight is 478 g/mol. The number of aromatic nitrogens is 1. The number of thioether (sulfide) groups is 1. The fourth-order valence-corrected chi connectivity index (χ4v) is 5.41. The summed E-state index contributed by atoms with van der Waals surface area (Å²) in [6, 6.07) is 16.0. The second kappa shape index (κ2) is 11.4. The largest absolute Gasteiger partial charge is 0.469 e. The summed E-state index contributed by atoms with van der Waals surface area (Å²) < 4.78 is 5.38. The molecule has 178 valence electrons. The monoisotopic (exact) mass is 477 g/mol. The molecule has 3 aromatic rings. The minimum atomic E-state index is -0.0144. The van der Waals surface area contributed by atoms with Crippen LogP contribution in [0.4, 0.5) is 0 Å². The number of hydrogen-bond donors (Lipinski definition) is 0. The first-order chi connectivity index (χ1) is 16.5. The molecule has 1 aliphatic heterocycles. The Morgan fingerprint density at radius 3 is 2.47 bits per heavy atom. The summed E-state index contributed by atoms with van der Waals surface area (Å²) in [5.41, 5.74) is 1.82. The van der Waals surface area contributed by atoms with Gasteiger partial charge < -0.3 is 14.2 Å². The smallest absolute Gasteiger partial charge is 0.257 e. The molecular formula is C27H31N3O3S. The van der Waals surface area contributed by atoms with Crippen molar-refractivity contribution in [3.05, 3.63) is 84.1 Å². The Bertz CT molecular complexity index is 1080. The fraction of sp³-hybridized carbons (Fsp3) is 0.370. The Morgan fingerprint density at radius 1 is 1.12 bits per heavy atom. The number of benzene rings is 1. The van der Waals surface area contributed by atoms with Gasteiger partial charge in [-0.05, 0) is 55.9 Å². The molecule has 4 rings (SSSR count). The van der Waals surface area contributed by atoms with Gasteiger partial charge in [-0.25, -0.2) is 0 Å². The quantitative estimate of drug-likeness (QED) is 0.440. The van der Waals surface area contributed by atoms with Crippen molar-refractivity contribution in [2.75, 3.05) is 25.9 Å². The Kier molecular flexibility index (Phi) is 8.06. The van der Waals surface area contributed by atoms with Crippen molar-refractivity contribution in [1.29, 1.82) is 0 Å². The van der Waals surface area contributed by atoms with Crippen LogP contribution < -0.4 is 0 Å². The number of furan rings is 1. The van der Waals surface area contributed by atoms with Gasteiger partial charge in [-0.3, -0.25) is 14.6 Å². The van der Waals surface area contributed by atoms with Crippen LogP contribution in [0.15, 0.2) is 76.5 Å². The number of aryl methyl sites for hydroxylation is 1. The molecule has 1 fully saturated rings. The van der Waals surface area contributed by atoms with Gasteiger partial charge in [0.25, 0.3) is 5.91 Å². The van der Waals surface area contributed by atoms with E-state index in [0.717, 1.165) is 37.2 Å². The molecular weight excluding hydrogens is 446 g/mol. The van der Waals surface area contributed by atoms with Crippen LogP contribution >= 0.6 is 11.8 Å². The van der Waals surface area contributed by atoms with Gasteiger partial charge >= 0.3 is 0 Å². The molecule has 0 aliphatic carbocycles. The second-order valence-electron chi connectivity index (χ2n) is 8.75. The SMILES string of the molecule is Cc1occc1C(=O)N(C)[C@@H](Cc1ccccc1)C1CCN(C(=O)CSc2ccncc2)CC1. The highest BCUT2D eigenvalue weighted by atomic mass is 32.2. The molecule has 0 radical (unpaired) electrons. The average Bonchev–Trinajstić information content (AvgIpc) is 3.32. The molecule has 2 amide bonds. The van der Waals surface area contributed by atoms with Gasteiger partial charge in [0.05, 0.1) is 17.6 Å². The third-order valence-electron chi connectivity index (χ3n) is 6.64. The van der Waals surface area contributed by atoms with Crippen LogP contribution in [0.25, 0.3) is 0 Å². The number of nitrogens with zero attached hydrogens (tertiary/aromatic N) is 3. The Hall–Kier alpha value is -3.06. The summed E-state index contributed by atoms with van der Waals surface area (Å²) >= 11 is 1.55. The number of piperidine rings is 1. The molecule has 1 atom stereocenters. The van der Waals surface area contributed by atoms with E-state index in [-0.39, 0.29) is 17.9 Å². The highest BCUT2D eigenvalue weighted by Crippen LogP contribution is 2.28. The highest BCUT2D eigenvalue weighted by molar-refractivity contribution is 8.00. The number of carbonyl (C=O) groups is 2. The number of carbonyl (C=O) groups excluding carboxylic acids is 2. The van der Waals surface area contributed by atoms with Crippen molar-refractivity contribution in [2.45, 2.75) is 37.1 Å². The molecule has 3 heterocycles. The number of rotatable bonds is 8. The molecule has 0 unspecified atom stereocenters. The van der Waals surface area contributed by atoms with E-state index in [1.54, 1.807) is 36.5 Å². The topological polar surface area (TPSA) is 66.7 Å². The summed E-state index contributed by atoms with van der Waals surface area (Å²) in [4.78, 5) is 35.0. The predicted octanol–water partition coefficient (Wildman–Crippen LogP) is 4.70. The molecule has 1 saturated heterocycles. The number of hydrogen-bond acceptors (Lipinski definition) is 5. The first kappa shape index (κ1) is 24.1. The predicted molar refractivity (Wildman–Crippen MR) is 134 cm³/mol. The number of pyridine rings is 1. The van der Waals surface area contributed by atoms with Crippen molar-refractivity contribution in [2.24, 2.45) is 5.92 Å². The maximum Gasteiger partial charge on any atom is 0.257 e.